The van der Waals surface area contributed by atoms with Crippen LogP contribution in [0.3, 0.4) is 0 Å². The number of benzene rings is 2. The highest BCUT2D eigenvalue weighted by Crippen LogP contribution is 2.16. The Labute approximate surface area is 114 Å². The van der Waals surface area contributed by atoms with Crippen LogP contribution >= 0.6 is 0 Å². The van der Waals surface area contributed by atoms with E-state index < -0.39 is 11.8 Å². The van der Waals surface area contributed by atoms with Gasteiger partial charge >= 0.3 is 6.03 Å². The zero-order valence-corrected chi connectivity index (χ0v) is 10.4. The van der Waals surface area contributed by atoms with E-state index in [1.807, 2.05) is 0 Å². The molecule has 0 fully saturated rings. The average molecular weight is 273 g/mol. The van der Waals surface area contributed by atoms with Gasteiger partial charge in [-0.15, -0.1) is 0 Å². The lowest BCUT2D eigenvalue weighted by Crippen LogP contribution is -2.19. The summed E-state index contributed by atoms with van der Waals surface area (Å²) in [5.74, 6) is -0.782. The molecule has 0 unspecified atom stereocenters. The second-order valence-corrected chi connectivity index (χ2v) is 4.03. The summed E-state index contributed by atoms with van der Waals surface area (Å²) < 4.78 is 12.8. The fraction of sp³-hybridized carbons (Fsp3) is 0. The first-order valence-electron chi connectivity index (χ1n) is 5.78. The molecule has 0 bridgehead atoms. The van der Waals surface area contributed by atoms with Gasteiger partial charge in [0.1, 0.15) is 5.82 Å². The smallest absolute Gasteiger partial charge is 0.316 e. The third-order valence-electron chi connectivity index (χ3n) is 2.49. The number of halogens is 1. The van der Waals surface area contributed by atoms with Gasteiger partial charge in [0.15, 0.2) is 0 Å². The van der Waals surface area contributed by atoms with Crippen LogP contribution in [0.2, 0.25) is 0 Å². The van der Waals surface area contributed by atoms with Gasteiger partial charge in [0.2, 0.25) is 0 Å². The molecule has 0 aliphatic rings. The first-order chi connectivity index (χ1) is 9.54. The summed E-state index contributed by atoms with van der Waals surface area (Å²) in [6.07, 6.45) is 0. The minimum absolute atomic E-state index is 0.333. The van der Waals surface area contributed by atoms with E-state index in [1.165, 1.54) is 24.3 Å². The Morgan fingerprint density at radius 2 is 1.55 bits per heavy atom. The minimum atomic E-state index is -0.688. The van der Waals surface area contributed by atoms with Gasteiger partial charge in [0, 0.05) is 16.9 Å². The summed E-state index contributed by atoms with van der Waals surface area (Å²) in [6, 6.07) is 11.0. The Balaban J connectivity index is 2.11. The third kappa shape index (κ3) is 3.55. The van der Waals surface area contributed by atoms with E-state index in [-0.39, 0.29) is 5.91 Å². The standard InChI is InChI=1S/C14H12FN3O2/c15-10-6-4-9(5-7-10)13(19)17-11-2-1-3-12(8-11)18-14(16)20/h1-8H,(H,17,19)(H3,16,18,20). The molecule has 0 heterocycles. The first-order valence-corrected chi connectivity index (χ1v) is 5.78. The van der Waals surface area contributed by atoms with E-state index in [0.717, 1.165) is 0 Å². The van der Waals surface area contributed by atoms with E-state index in [2.05, 4.69) is 10.6 Å². The Hall–Kier alpha value is -2.89. The Kier molecular flexibility index (Phi) is 3.95. The van der Waals surface area contributed by atoms with E-state index in [4.69, 9.17) is 5.73 Å². The normalized spacial score (nSPS) is 9.85. The van der Waals surface area contributed by atoms with Crippen LogP contribution in [0.4, 0.5) is 20.6 Å². The largest absolute Gasteiger partial charge is 0.351 e. The summed E-state index contributed by atoms with van der Waals surface area (Å²) in [5.41, 5.74) is 6.30. The number of nitrogens with one attached hydrogen (secondary N) is 2. The van der Waals surface area contributed by atoms with Gasteiger partial charge in [-0.2, -0.15) is 0 Å². The quantitative estimate of drug-likeness (QED) is 0.803. The second kappa shape index (κ2) is 5.83. The number of carbonyl (C=O) groups is 2. The monoisotopic (exact) mass is 273 g/mol. The number of nitrogens with two attached hydrogens (primary N) is 1. The number of anilines is 2. The number of amides is 3. The van der Waals surface area contributed by atoms with Crippen molar-refractivity contribution in [1.29, 1.82) is 0 Å². The lowest BCUT2D eigenvalue weighted by Gasteiger charge is -2.07. The molecule has 3 amide bonds. The van der Waals surface area contributed by atoms with Crippen LogP contribution in [0.15, 0.2) is 48.5 Å². The molecule has 2 rings (SSSR count). The van der Waals surface area contributed by atoms with E-state index >= 15 is 0 Å². The van der Waals surface area contributed by atoms with Crippen LogP contribution in [0.25, 0.3) is 0 Å². The van der Waals surface area contributed by atoms with Gasteiger partial charge < -0.3 is 16.4 Å². The maximum Gasteiger partial charge on any atom is 0.316 e. The molecule has 0 radical (unpaired) electrons. The topological polar surface area (TPSA) is 84.2 Å². The van der Waals surface area contributed by atoms with Crippen molar-refractivity contribution in [2.75, 3.05) is 10.6 Å². The van der Waals surface area contributed by atoms with Crippen molar-refractivity contribution in [1.82, 2.24) is 0 Å². The second-order valence-electron chi connectivity index (χ2n) is 4.03. The van der Waals surface area contributed by atoms with Crippen molar-refractivity contribution >= 4 is 23.3 Å². The van der Waals surface area contributed by atoms with Crippen molar-refractivity contribution in [3.8, 4) is 0 Å². The average Bonchev–Trinajstić information content (AvgIpc) is 2.39. The van der Waals surface area contributed by atoms with Crippen LogP contribution in [-0.2, 0) is 0 Å². The molecule has 0 saturated carbocycles. The van der Waals surface area contributed by atoms with E-state index in [9.17, 15) is 14.0 Å². The molecular weight excluding hydrogens is 261 g/mol. The summed E-state index contributed by atoms with van der Waals surface area (Å²) in [5, 5.41) is 5.04. The SMILES string of the molecule is NC(=O)Nc1cccc(NC(=O)c2ccc(F)cc2)c1. The molecule has 0 saturated heterocycles. The zero-order valence-electron chi connectivity index (χ0n) is 10.4. The molecule has 0 aromatic heterocycles. The fourth-order valence-electron chi connectivity index (χ4n) is 1.62. The van der Waals surface area contributed by atoms with Crippen LogP contribution in [0.1, 0.15) is 10.4 Å². The van der Waals surface area contributed by atoms with Gasteiger partial charge in [0.25, 0.3) is 5.91 Å². The molecule has 0 aliphatic carbocycles. The highest BCUT2D eigenvalue weighted by Gasteiger charge is 2.06. The molecule has 0 spiro atoms. The summed E-state index contributed by atoms with van der Waals surface area (Å²) in [7, 11) is 0. The molecule has 5 nitrogen and oxygen atoms in total. The van der Waals surface area contributed by atoms with Gasteiger partial charge in [0.05, 0.1) is 0 Å². The number of hydrogen-bond donors (Lipinski definition) is 3. The van der Waals surface area contributed by atoms with Crippen LogP contribution in [-0.4, -0.2) is 11.9 Å². The van der Waals surface area contributed by atoms with Crippen molar-refractivity contribution < 1.29 is 14.0 Å². The summed E-state index contributed by atoms with van der Waals surface area (Å²) in [6.45, 7) is 0. The van der Waals surface area contributed by atoms with Gasteiger partial charge in [-0.25, -0.2) is 9.18 Å². The predicted molar refractivity (Wildman–Crippen MR) is 74.0 cm³/mol. The van der Waals surface area contributed by atoms with Gasteiger partial charge in [-0.05, 0) is 42.5 Å². The molecule has 2 aromatic carbocycles. The number of primary amides is 1. The summed E-state index contributed by atoms with van der Waals surface area (Å²) >= 11 is 0. The lowest BCUT2D eigenvalue weighted by atomic mass is 10.2. The van der Waals surface area contributed by atoms with E-state index in [1.54, 1.807) is 24.3 Å². The Bertz CT molecular complexity index is 641. The van der Waals surface area contributed by atoms with Crippen LogP contribution < -0.4 is 16.4 Å². The maximum absolute atomic E-state index is 12.8. The van der Waals surface area contributed by atoms with Gasteiger partial charge in [-0.1, -0.05) is 6.07 Å². The minimum Gasteiger partial charge on any atom is -0.351 e. The highest BCUT2D eigenvalue weighted by molar-refractivity contribution is 6.04. The molecule has 20 heavy (non-hydrogen) atoms. The Morgan fingerprint density at radius 3 is 2.15 bits per heavy atom. The van der Waals surface area contributed by atoms with Crippen molar-refractivity contribution in [2.24, 2.45) is 5.73 Å². The fourth-order valence-corrected chi connectivity index (χ4v) is 1.62. The zero-order chi connectivity index (χ0) is 14.5. The molecule has 0 aliphatic heterocycles. The van der Waals surface area contributed by atoms with E-state index in [0.29, 0.717) is 16.9 Å². The van der Waals surface area contributed by atoms with Crippen molar-refractivity contribution in [3.63, 3.8) is 0 Å². The number of carbonyl (C=O) groups excluding carboxylic acids is 2. The maximum atomic E-state index is 12.8. The molecular formula is C14H12FN3O2. The van der Waals surface area contributed by atoms with Gasteiger partial charge in [-0.3, -0.25) is 4.79 Å². The summed E-state index contributed by atoms with van der Waals surface area (Å²) in [4.78, 5) is 22.7. The molecule has 2 aromatic rings. The van der Waals surface area contributed by atoms with Crippen molar-refractivity contribution in [3.05, 3.63) is 59.9 Å². The third-order valence-corrected chi connectivity index (χ3v) is 2.49. The number of rotatable bonds is 3. The predicted octanol–water partition coefficient (Wildman–Crippen LogP) is 2.57. The lowest BCUT2D eigenvalue weighted by molar-refractivity contribution is 0.102. The first kappa shape index (κ1) is 13.5. The molecule has 4 N–H and O–H groups in total. The molecule has 6 heteroatoms. The van der Waals surface area contributed by atoms with Crippen LogP contribution in [0, 0.1) is 5.82 Å². The number of hydrogen-bond acceptors (Lipinski definition) is 2. The Morgan fingerprint density at radius 1 is 0.950 bits per heavy atom. The number of urea groups is 1. The van der Waals surface area contributed by atoms with Crippen molar-refractivity contribution in [2.45, 2.75) is 0 Å². The molecule has 0 atom stereocenters. The highest BCUT2D eigenvalue weighted by atomic mass is 19.1. The molecule has 102 valence electrons. The van der Waals surface area contributed by atoms with Crippen LogP contribution in [0.5, 0.6) is 0 Å².